The van der Waals surface area contributed by atoms with Gasteiger partial charge in [0.05, 0.1) is 6.54 Å². The van der Waals surface area contributed by atoms with Gasteiger partial charge in [0.15, 0.2) is 5.69 Å². The lowest BCUT2D eigenvalue weighted by Gasteiger charge is -2.28. The van der Waals surface area contributed by atoms with Crippen LogP contribution in [0.15, 0.2) is 34.9 Å². The van der Waals surface area contributed by atoms with Crippen LogP contribution in [0.5, 0.6) is 0 Å². The quantitative estimate of drug-likeness (QED) is 0.762. The Labute approximate surface area is 161 Å². The van der Waals surface area contributed by atoms with E-state index >= 15 is 0 Å². The van der Waals surface area contributed by atoms with Crippen molar-refractivity contribution in [2.24, 2.45) is 0 Å². The molecule has 2 rings (SSSR count). The van der Waals surface area contributed by atoms with Crippen molar-refractivity contribution in [1.82, 2.24) is 15.2 Å². The number of rotatable bonds is 8. The molecule has 0 saturated heterocycles. The number of aromatic nitrogens is 1. The summed E-state index contributed by atoms with van der Waals surface area (Å²) in [6, 6.07) is 7.60. The van der Waals surface area contributed by atoms with Crippen molar-refractivity contribution in [3.05, 3.63) is 53.2 Å². The van der Waals surface area contributed by atoms with Crippen molar-refractivity contribution >= 4 is 11.8 Å². The number of nitrogens with one attached hydrogen (secondary N) is 1. The maximum atomic E-state index is 13.1. The standard InChI is InChI=1S/C21H29N3O3/c1-6-15(4)22-20(25)18-13-27-19(23-18)12-24(16(5)7-2)21(26)17-11-9-8-10-14(17)3/h8-11,13,15-16H,6-7,12H2,1-5H3,(H,22,25)/t15-,16+/m1/s1. The van der Waals surface area contributed by atoms with Gasteiger partial charge in [-0.15, -0.1) is 0 Å². The van der Waals surface area contributed by atoms with Crippen LogP contribution in [0.25, 0.3) is 0 Å². The minimum absolute atomic E-state index is 0.0152. The number of nitrogens with zero attached hydrogens (tertiary/aromatic N) is 2. The molecular weight excluding hydrogens is 342 g/mol. The Bertz CT molecular complexity index is 784. The Morgan fingerprint density at radius 3 is 2.52 bits per heavy atom. The Morgan fingerprint density at radius 2 is 1.89 bits per heavy atom. The molecule has 1 heterocycles. The number of hydrogen-bond donors (Lipinski definition) is 1. The van der Waals surface area contributed by atoms with Crippen LogP contribution in [0.2, 0.25) is 0 Å². The molecule has 2 atom stereocenters. The number of carbonyl (C=O) groups excluding carboxylic acids is 2. The van der Waals surface area contributed by atoms with E-state index in [9.17, 15) is 9.59 Å². The van der Waals surface area contributed by atoms with E-state index in [2.05, 4.69) is 10.3 Å². The molecule has 0 fully saturated rings. The molecule has 0 aliphatic rings. The Hall–Kier alpha value is -2.63. The lowest BCUT2D eigenvalue weighted by atomic mass is 10.1. The first-order chi connectivity index (χ1) is 12.9. The molecule has 0 bridgehead atoms. The molecule has 0 saturated carbocycles. The van der Waals surface area contributed by atoms with E-state index in [0.717, 1.165) is 18.4 Å². The fourth-order valence-corrected chi connectivity index (χ4v) is 2.65. The third kappa shape index (κ3) is 5.18. The third-order valence-electron chi connectivity index (χ3n) is 4.84. The van der Waals surface area contributed by atoms with Crippen molar-refractivity contribution in [3.63, 3.8) is 0 Å². The van der Waals surface area contributed by atoms with Gasteiger partial charge in [-0.05, 0) is 45.2 Å². The second kappa shape index (κ2) is 9.35. The van der Waals surface area contributed by atoms with Crippen LogP contribution in [-0.4, -0.2) is 33.8 Å². The molecule has 1 aromatic heterocycles. The van der Waals surface area contributed by atoms with E-state index in [0.29, 0.717) is 11.5 Å². The highest BCUT2D eigenvalue weighted by Gasteiger charge is 2.24. The fraction of sp³-hybridized carbons (Fsp3) is 0.476. The first-order valence-electron chi connectivity index (χ1n) is 9.49. The molecule has 0 spiro atoms. The summed E-state index contributed by atoms with van der Waals surface area (Å²) < 4.78 is 5.48. The van der Waals surface area contributed by atoms with Crippen molar-refractivity contribution in [2.75, 3.05) is 0 Å². The number of amides is 2. The second-order valence-corrected chi connectivity index (χ2v) is 6.91. The predicted octanol–water partition coefficient (Wildman–Crippen LogP) is 3.95. The highest BCUT2D eigenvalue weighted by molar-refractivity contribution is 5.95. The van der Waals surface area contributed by atoms with E-state index in [4.69, 9.17) is 4.42 Å². The number of oxazole rings is 1. The summed E-state index contributed by atoms with van der Waals surface area (Å²) in [4.78, 5) is 31.3. The van der Waals surface area contributed by atoms with Crippen LogP contribution in [-0.2, 0) is 6.54 Å². The van der Waals surface area contributed by atoms with Gasteiger partial charge in [-0.3, -0.25) is 9.59 Å². The van der Waals surface area contributed by atoms with Crippen LogP contribution < -0.4 is 5.32 Å². The Balaban J connectivity index is 2.19. The normalized spacial score (nSPS) is 13.1. The average molecular weight is 371 g/mol. The van der Waals surface area contributed by atoms with Gasteiger partial charge in [-0.2, -0.15) is 0 Å². The van der Waals surface area contributed by atoms with Gasteiger partial charge >= 0.3 is 0 Å². The van der Waals surface area contributed by atoms with Crippen LogP contribution >= 0.6 is 0 Å². The molecule has 0 aliphatic carbocycles. The lowest BCUT2D eigenvalue weighted by Crippen LogP contribution is -2.38. The fourth-order valence-electron chi connectivity index (χ4n) is 2.65. The molecular formula is C21H29N3O3. The van der Waals surface area contributed by atoms with Crippen LogP contribution in [0.1, 0.15) is 72.8 Å². The Morgan fingerprint density at radius 1 is 1.19 bits per heavy atom. The number of hydrogen-bond acceptors (Lipinski definition) is 4. The van der Waals surface area contributed by atoms with Gasteiger partial charge in [-0.1, -0.05) is 32.0 Å². The van der Waals surface area contributed by atoms with Crippen LogP contribution in [0.3, 0.4) is 0 Å². The van der Waals surface area contributed by atoms with Gasteiger partial charge in [0.25, 0.3) is 11.8 Å². The molecule has 146 valence electrons. The maximum Gasteiger partial charge on any atom is 0.273 e. The molecule has 2 amide bonds. The van der Waals surface area contributed by atoms with Crippen molar-refractivity contribution in [2.45, 2.75) is 66.1 Å². The summed E-state index contributed by atoms with van der Waals surface area (Å²) in [5.74, 6) is 0.0254. The first-order valence-corrected chi connectivity index (χ1v) is 9.49. The summed E-state index contributed by atoms with van der Waals surface area (Å²) in [5.41, 5.74) is 1.83. The number of aryl methyl sites for hydroxylation is 1. The molecule has 1 aromatic carbocycles. The third-order valence-corrected chi connectivity index (χ3v) is 4.84. The summed E-state index contributed by atoms with van der Waals surface area (Å²) in [6.45, 7) is 10.1. The summed E-state index contributed by atoms with van der Waals surface area (Å²) in [6.07, 6.45) is 2.99. The maximum absolute atomic E-state index is 13.1. The van der Waals surface area contributed by atoms with E-state index in [1.165, 1.54) is 6.26 Å². The predicted molar refractivity (Wildman–Crippen MR) is 105 cm³/mol. The van der Waals surface area contributed by atoms with Gasteiger partial charge in [0.2, 0.25) is 5.89 Å². The molecule has 6 nitrogen and oxygen atoms in total. The SMILES string of the molecule is CC[C@@H](C)NC(=O)c1coc(CN(C(=O)c2ccccc2C)[C@@H](C)CC)n1. The minimum atomic E-state index is -0.264. The van der Waals surface area contributed by atoms with E-state index in [1.54, 1.807) is 4.90 Å². The monoisotopic (exact) mass is 371 g/mol. The summed E-state index contributed by atoms with van der Waals surface area (Å²) in [5, 5.41) is 2.86. The molecule has 0 unspecified atom stereocenters. The van der Waals surface area contributed by atoms with Crippen molar-refractivity contribution < 1.29 is 14.0 Å². The summed E-state index contributed by atoms with van der Waals surface area (Å²) >= 11 is 0. The second-order valence-electron chi connectivity index (χ2n) is 6.91. The van der Waals surface area contributed by atoms with E-state index in [-0.39, 0.29) is 36.1 Å². The first kappa shape index (κ1) is 20.7. The lowest BCUT2D eigenvalue weighted by molar-refractivity contribution is 0.0651. The molecule has 0 radical (unpaired) electrons. The zero-order chi connectivity index (χ0) is 20.0. The molecule has 27 heavy (non-hydrogen) atoms. The highest BCUT2D eigenvalue weighted by Crippen LogP contribution is 2.17. The van der Waals surface area contributed by atoms with Gasteiger partial charge in [0, 0.05) is 17.6 Å². The zero-order valence-electron chi connectivity index (χ0n) is 16.8. The Kier molecular flexibility index (Phi) is 7.16. The van der Waals surface area contributed by atoms with Gasteiger partial charge in [-0.25, -0.2) is 4.98 Å². The van der Waals surface area contributed by atoms with Gasteiger partial charge < -0.3 is 14.6 Å². The number of carbonyl (C=O) groups is 2. The topological polar surface area (TPSA) is 75.4 Å². The highest BCUT2D eigenvalue weighted by atomic mass is 16.3. The largest absolute Gasteiger partial charge is 0.446 e. The summed E-state index contributed by atoms with van der Waals surface area (Å²) in [7, 11) is 0. The van der Waals surface area contributed by atoms with Crippen molar-refractivity contribution in [1.29, 1.82) is 0 Å². The molecule has 2 aromatic rings. The van der Waals surface area contributed by atoms with Crippen molar-refractivity contribution in [3.8, 4) is 0 Å². The van der Waals surface area contributed by atoms with Crippen LogP contribution in [0.4, 0.5) is 0 Å². The molecule has 1 N–H and O–H groups in total. The average Bonchev–Trinajstić information content (AvgIpc) is 3.14. The van der Waals surface area contributed by atoms with E-state index in [1.807, 2.05) is 58.9 Å². The minimum Gasteiger partial charge on any atom is -0.446 e. The molecule has 6 heteroatoms. The van der Waals surface area contributed by atoms with E-state index < -0.39 is 0 Å². The zero-order valence-corrected chi connectivity index (χ0v) is 16.8. The van der Waals surface area contributed by atoms with Crippen LogP contribution in [0, 0.1) is 6.92 Å². The smallest absolute Gasteiger partial charge is 0.273 e. The molecule has 0 aliphatic heterocycles. The van der Waals surface area contributed by atoms with Gasteiger partial charge in [0.1, 0.15) is 6.26 Å². The number of benzene rings is 1.